The highest BCUT2D eigenvalue weighted by atomic mass is 16.5. The molecule has 0 amide bonds. The van der Waals surface area contributed by atoms with Crippen molar-refractivity contribution in [3.05, 3.63) is 105 Å². The maximum atomic E-state index is 13.6. The highest BCUT2D eigenvalue weighted by molar-refractivity contribution is 5.46. The van der Waals surface area contributed by atoms with Gasteiger partial charge in [-0.25, -0.2) is 9.83 Å². The fraction of sp³-hybridized carbons (Fsp3) is 0.240. The maximum Gasteiger partial charge on any atom is 0.259 e. The van der Waals surface area contributed by atoms with E-state index >= 15 is 0 Å². The van der Waals surface area contributed by atoms with E-state index in [1.807, 2.05) is 54.7 Å². The van der Waals surface area contributed by atoms with Crippen LogP contribution in [0.4, 0.5) is 5.69 Å². The first-order valence-electron chi connectivity index (χ1n) is 10.6. The molecule has 0 radical (unpaired) electrons. The fourth-order valence-corrected chi connectivity index (χ4v) is 4.40. The summed E-state index contributed by atoms with van der Waals surface area (Å²) in [6.07, 6.45) is 4.47. The van der Waals surface area contributed by atoms with Gasteiger partial charge in [0.05, 0.1) is 25.8 Å². The second-order valence-electron chi connectivity index (χ2n) is 8.00. The summed E-state index contributed by atoms with van der Waals surface area (Å²) in [6.45, 7) is 9.82. The predicted octanol–water partition coefficient (Wildman–Crippen LogP) is 3.66. The molecule has 1 aliphatic heterocycles. The molecular weight excluding hydrogens is 402 g/mol. The normalized spacial score (nSPS) is 13.6. The monoisotopic (exact) mass is 425 g/mol. The van der Waals surface area contributed by atoms with E-state index in [1.54, 1.807) is 17.9 Å². The molecule has 4 aromatic rings. The Balaban J connectivity index is 1.49. The molecule has 7 heteroatoms. The molecule has 0 fully saturated rings. The summed E-state index contributed by atoms with van der Waals surface area (Å²) in [6, 6.07) is 15.4. The van der Waals surface area contributed by atoms with Crippen molar-refractivity contribution in [1.29, 1.82) is 0 Å². The van der Waals surface area contributed by atoms with Gasteiger partial charge in [-0.2, -0.15) is 0 Å². The van der Waals surface area contributed by atoms with Crippen LogP contribution in [0.2, 0.25) is 0 Å². The third-order valence-electron chi connectivity index (χ3n) is 6.00. The van der Waals surface area contributed by atoms with Crippen molar-refractivity contribution in [2.24, 2.45) is 0 Å². The molecule has 0 N–H and O–H groups in total. The van der Waals surface area contributed by atoms with E-state index in [-0.39, 0.29) is 5.56 Å². The Kier molecular flexibility index (Phi) is 5.21. The zero-order valence-corrected chi connectivity index (χ0v) is 17.9. The molecule has 3 heterocycles. The summed E-state index contributed by atoms with van der Waals surface area (Å²) in [5, 5.41) is 0. The van der Waals surface area contributed by atoms with E-state index in [4.69, 9.17) is 11.3 Å². The van der Waals surface area contributed by atoms with Crippen molar-refractivity contribution < 1.29 is 4.74 Å². The van der Waals surface area contributed by atoms with E-state index in [0.29, 0.717) is 31.1 Å². The molecule has 0 aliphatic carbocycles. The van der Waals surface area contributed by atoms with Gasteiger partial charge >= 0.3 is 0 Å². The zero-order chi connectivity index (χ0) is 22.1. The minimum atomic E-state index is 0.00845. The van der Waals surface area contributed by atoms with Gasteiger partial charge < -0.3 is 4.74 Å². The highest BCUT2D eigenvalue weighted by Crippen LogP contribution is 2.22. The Labute approximate surface area is 185 Å². The summed E-state index contributed by atoms with van der Waals surface area (Å²) in [5.74, 6) is 1.46. The number of hydrogen-bond acceptors (Lipinski definition) is 4. The van der Waals surface area contributed by atoms with Crippen LogP contribution in [-0.2, 0) is 26.1 Å². The first kappa shape index (κ1) is 20.0. The van der Waals surface area contributed by atoms with E-state index in [1.165, 1.54) is 0 Å². The van der Waals surface area contributed by atoms with E-state index in [2.05, 4.69) is 19.1 Å². The number of aromatic nitrogens is 3. The highest BCUT2D eigenvalue weighted by Gasteiger charge is 2.24. The van der Waals surface area contributed by atoms with Gasteiger partial charge in [-0.15, -0.1) is 0 Å². The predicted molar refractivity (Wildman–Crippen MR) is 122 cm³/mol. The number of rotatable bonds is 5. The Hall–Kier alpha value is -3.89. The lowest BCUT2D eigenvalue weighted by Crippen LogP contribution is -2.38. The topological polar surface area (TPSA) is 56.1 Å². The van der Waals surface area contributed by atoms with Gasteiger partial charge in [-0.05, 0) is 23.3 Å². The molecule has 0 saturated heterocycles. The van der Waals surface area contributed by atoms with Gasteiger partial charge in [0, 0.05) is 44.1 Å². The van der Waals surface area contributed by atoms with E-state index < -0.39 is 0 Å². The molecule has 7 nitrogen and oxygen atoms in total. The van der Waals surface area contributed by atoms with Crippen molar-refractivity contribution in [2.75, 3.05) is 13.7 Å². The molecule has 0 unspecified atom stereocenters. The summed E-state index contributed by atoms with van der Waals surface area (Å²) in [5.41, 5.74) is 4.61. The van der Waals surface area contributed by atoms with Crippen LogP contribution >= 0.6 is 0 Å². The zero-order valence-electron chi connectivity index (χ0n) is 17.9. The van der Waals surface area contributed by atoms with Gasteiger partial charge in [0.25, 0.3) is 5.56 Å². The first-order valence-corrected chi connectivity index (χ1v) is 10.6. The Morgan fingerprint density at radius 2 is 1.97 bits per heavy atom. The molecule has 0 saturated carbocycles. The Morgan fingerprint density at radius 3 is 2.75 bits per heavy atom. The van der Waals surface area contributed by atoms with Crippen LogP contribution in [-0.4, -0.2) is 32.5 Å². The number of imidazole rings is 1. The van der Waals surface area contributed by atoms with Crippen molar-refractivity contribution in [2.45, 2.75) is 26.1 Å². The maximum absolute atomic E-state index is 13.6. The van der Waals surface area contributed by atoms with Gasteiger partial charge in [-0.1, -0.05) is 36.4 Å². The Bertz CT molecular complexity index is 1380. The van der Waals surface area contributed by atoms with Crippen LogP contribution in [0.1, 0.15) is 22.4 Å². The SMILES string of the molecule is [C-]#[N+]c1cccc(CN2CCc3c(c(=O)n(Cc4ccc(OC)cc4)c4nccn34)C2)c1. The standard InChI is InChI=1S/C25H23N5O2/c1-26-20-5-3-4-19(14-20)15-28-12-10-23-22(17-28)24(31)30(25-27-11-13-29(23)25)16-18-6-8-21(32-2)9-7-18/h3-9,11,13-14H,10,12,15-17H2,2H3. The molecule has 2 aromatic carbocycles. The van der Waals surface area contributed by atoms with Gasteiger partial charge in [0.15, 0.2) is 5.69 Å². The van der Waals surface area contributed by atoms with Crippen molar-refractivity contribution in [3.63, 3.8) is 0 Å². The number of benzene rings is 2. The summed E-state index contributed by atoms with van der Waals surface area (Å²) in [4.78, 5) is 23.8. The van der Waals surface area contributed by atoms with Crippen LogP contribution in [0, 0.1) is 6.57 Å². The quantitative estimate of drug-likeness (QED) is 0.458. The molecule has 0 spiro atoms. The van der Waals surface area contributed by atoms with Crippen LogP contribution in [0.3, 0.4) is 0 Å². The number of nitrogens with zero attached hydrogens (tertiary/aromatic N) is 5. The smallest absolute Gasteiger partial charge is 0.259 e. The molecule has 160 valence electrons. The second kappa shape index (κ2) is 8.33. The largest absolute Gasteiger partial charge is 0.497 e. The average molecular weight is 425 g/mol. The van der Waals surface area contributed by atoms with Crippen molar-refractivity contribution in [3.8, 4) is 5.75 Å². The van der Waals surface area contributed by atoms with Crippen molar-refractivity contribution in [1.82, 2.24) is 18.9 Å². The fourth-order valence-electron chi connectivity index (χ4n) is 4.40. The number of hydrogen-bond donors (Lipinski definition) is 0. The molecule has 0 bridgehead atoms. The van der Waals surface area contributed by atoms with Crippen LogP contribution in [0.25, 0.3) is 10.6 Å². The third kappa shape index (κ3) is 3.66. The third-order valence-corrected chi connectivity index (χ3v) is 6.00. The van der Waals surface area contributed by atoms with Crippen LogP contribution < -0.4 is 10.3 Å². The molecule has 2 aromatic heterocycles. The summed E-state index contributed by atoms with van der Waals surface area (Å²) >= 11 is 0. The number of ether oxygens (including phenoxy) is 1. The Morgan fingerprint density at radius 1 is 1.12 bits per heavy atom. The van der Waals surface area contributed by atoms with Gasteiger partial charge in [0.2, 0.25) is 5.78 Å². The lowest BCUT2D eigenvalue weighted by Gasteiger charge is -2.29. The van der Waals surface area contributed by atoms with Gasteiger partial charge in [-0.3, -0.25) is 18.7 Å². The molecular formula is C25H23N5O2. The summed E-state index contributed by atoms with van der Waals surface area (Å²) < 4.78 is 9.05. The number of fused-ring (bicyclic) bond motifs is 3. The van der Waals surface area contributed by atoms with Crippen molar-refractivity contribution >= 4 is 11.5 Å². The van der Waals surface area contributed by atoms with Crippen LogP contribution in [0.15, 0.2) is 65.7 Å². The van der Waals surface area contributed by atoms with Crippen LogP contribution in [0.5, 0.6) is 5.75 Å². The minimum Gasteiger partial charge on any atom is -0.497 e. The molecule has 0 atom stereocenters. The average Bonchev–Trinajstić information content (AvgIpc) is 3.32. The number of methoxy groups -OCH3 is 1. The lowest BCUT2D eigenvalue weighted by molar-refractivity contribution is 0.240. The minimum absolute atomic E-state index is 0.00845. The van der Waals surface area contributed by atoms with E-state index in [9.17, 15) is 4.79 Å². The molecule has 1 aliphatic rings. The lowest BCUT2D eigenvalue weighted by atomic mass is 10.1. The molecule has 5 rings (SSSR count). The first-order chi connectivity index (χ1) is 15.7. The van der Waals surface area contributed by atoms with E-state index in [0.717, 1.165) is 41.1 Å². The van der Waals surface area contributed by atoms with Gasteiger partial charge in [0.1, 0.15) is 5.75 Å². The summed E-state index contributed by atoms with van der Waals surface area (Å²) in [7, 11) is 1.64. The second-order valence-corrected chi connectivity index (χ2v) is 8.00. The molecule has 32 heavy (non-hydrogen) atoms.